The van der Waals surface area contributed by atoms with Gasteiger partial charge in [-0.05, 0) is 55.9 Å². The summed E-state index contributed by atoms with van der Waals surface area (Å²) < 4.78 is 0. The van der Waals surface area contributed by atoms with Gasteiger partial charge in [0.1, 0.15) is 11.5 Å². The van der Waals surface area contributed by atoms with Crippen molar-refractivity contribution in [1.29, 1.82) is 0 Å². The zero-order chi connectivity index (χ0) is 19.3. The average Bonchev–Trinajstić information content (AvgIpc) is 2.63. The van der Waals surface area contributed by atoms with Gasteiger partial charge in [-0.15, -0.1) is 0 Å². The molecule has 0 aliphatic rings. The van der Waals surface area contributed by atoms with E-state index in [0.717, 1.165) is 30.4 Å². The van der Waals surface area contributed by atoms with Crippen LogP contribution >= 0.6 is 0 Å². The zero-order valence-electron chi connectivity index (χ0n) is 15.7. The van der Waals surface area contributed by atoms with Crippen LogP contribution in [0.15, 0.2) is 30.3 Å². The summed E-state index contributed by atoms with van der Waals surface area (Å²) in [5.74, 6) is -0.317. The van der Waals surface area contributed by atoms with Crippen LogP contribution in [0, 0.1) is 20.8 Å². The standard InChI is InChI=1S/C22H28O4/c1-14-15(2)22(26)20(16(3)21(14)25)18(17-10-6-4-7-11-17)12-8-5-9-13-19(23)24/h4,6-7,10-11,18,25-26H,5,8-9,12-13H2,1-3H3,(H,23,24). The third-order valence-corrected chi connectivity index (χ3v) is 5.22. The Bertz CT molecular complexity index is 736. The molecule has 26 heavy (non-hydrogen) atoms. The number of carboxylic acids is 1. The van der Waals surface area contributed by atoms with Crippen molar-refractivity contribution in [3.63, 3.8) is 0 Å². The number of phenols is 2. The summed E-state index contributed by atoms with van der Waals surface area (Å²) in [5, 5.41) is 30.1. The van der Waals surface area contributed by atoms with Gasteiger partial charge in [0, 0.05) is 17.9 Å². The summed E-state index contributed by atoms with van der Waals surface area (Å²) in [6.07, 6.45) is 3.32. The van der Waals surface area contributed by atoms with Crippen molar-refractivity contribution < 1.29 is 20.1 Å². The fraction of sp³-hybridized carbons (Fsp3) is 0.409. The third kappa shape index (κ3) is 4.37. The van der Waals surface area contributed by atoms with E-state index in [1.807, 2.05) is 51.1 Å². The Morgan fingerprint density at radius 2 is 1.50 bits per heavy atom. The topological polar surface area (TPSA) is 77.8 Å². The van der Waals surface area contributed by atoms with E-state index in [0.29, 0.717) is 23.1 Å². The summed E-state index contributed by atoms with van der Waals surface area (Å²) >= 11 is 0. The van der Waals surface area contributed by atoms with Crippen molar-refractivity contribution in [3.05, 3.63) is 58.1 Å². The van der Waals surface area contributed by atoms with Gasteiger partial charge in [0.05, 0.1) is 0 Å². The van der Waals surface area contributed by atoms with Gasteiger partial charge in [-0.1, -0.05) is 43.2 Å². The molecule has 4 nitrogen and oxygen atoms in total. The Morgan fingerprint density at radius 1 is 0.885 bits per heavy atom. The average molecular weight is 356 g/mol. The molecule has 0 radical (unpaired) electrons. The molecule has 2 aromatic rings. The minimum atomic E-state index is -0.767. The first kappa shape index (κ1) is 19.8. The first-order valence-corrected chi connectivity index (χ1v) is 9.12. The highest BCUT2D eigenvalue weighted by Gasteiger charge is 2.24. The highest BCUT2D eigenvalue weighted by atomic mass is 16.4. The second-order valence-electron chi connectivity index (χ2n) is 6.94. The summed E-state index contributed by atoms with van der Waals surface area (Å²) in [6.45, 7) is 5.48. The molecule has 0 fully saturated rings. The molecule has 1 unspecified atom stereocenters. The van der Waals surface area contributed by atoms with E-state index < -0.39 is 5.97 Å². The number of phenolic OH excluding ortho intramolecular Hbond substituents is 2. The SMILES string of the molecule is Cc1c(C)c(O)c(C(CCCCCC(=O)O)c2ccccc2)c(C)c1O. The summed E-state index contributed by atoms with van der Waals surface area (Å²) in [6, 6.07) is 9.97. The number of hydrogen-bond donors (Lipinski definition) is 3. The molecule has 0 aromatic heterocycles. The predicted molar refractivity (Wildman–Crippen MR) is 103 cm³/mol. The molecule has 0 spiro atoms. The monoisotopic (exact) mass is 356 g/mol. The van der Waals surface area contributed by atoms with Crippen molar-refractivity contribution in [2.24, 2.45) is 0 Å². The summed E-state index contributed by atoms with van der Waals surface area (Å²) in [7, 11) is 0. The number of carbonyl (C=O) groups is 1. The molecular formula is C22H28O4. The lowest BCUT2D eigenvalue weighted by atomic mass is 9.82. The van der Waals surface area contributed by atoms with Crippen molar-refractivity contribution in [1.82, 2.24) is 0 Å². The smallest absolute Gasteiger partial charge is 0.303 e. The quantitative estimate of drug-likeness (QED) is 0.449. The number of hydrogen-bond acceptors (Lipinski definition) is 3. The van der Waals surface area contributed by atoms with Crippen LogP contribution < -0.4 is 0 Å². The van der Waals surface area contributed by atoms with Crippen LogP contribution in [0.5, 0.6) is 11.5 Å². The highest BCUT2D eigenvalue weighted by Crippen LogP contribution is 2.44. The Hall–Kier alpha value is -2.49. The van der Waals surface area contributed by atoms with E-state index >= 15 is 0 Å². The molecule has 3 N–H and O–H groups in total. The minimum absolute atomic E-state index is 0.0359. The number of rotatable bonds is 8. The zero-order valence-corrected chi connectivity index (χ0v) is 15.7. The molecule has 0 aliphatic heterocycles. The van der Waals surface area contributed by atoms with E-state index in [1.54, 1.807) is 0 Å². The first-order valence-electron chi connectivity index (χ1n) is 9.12. The number of carboxylic acid groups (broad SMARTS) is 1. The van der Waals surface area contributed by atoms with Gasteiger partial charge in [0.15, 0.2) is 0 Å². The van der Waals surface area contributed by atoms with E-state index in [1.165, 1.54) is 0 Å². The van der Waals surface area contributed by atoms with Gasteiger partial charge in [-0.25, -0.2) is 0 Å². The van der Waals surface area contributed by atoms with Crippen molar-refractivity contribution in [2.45, 2.75) is 58.8 Å². The first-order chi connectivity index (χ1) is 12.3. The molecule has 1 atom stereocenters. The molecule has 0 aliphatic carbocycles. The third-order valence-electron chi connectivity index (χ3n) is 5.22. The molecule has 140 valence electrons. The summed E-state index contributed by atoms with van der Waals surface area (Å²) in [5.41, 5.74) is 3.98. The molecule has 0 saturated heterocycles. The van der Waals surface area contributed by atoms with Crippen LogP contribution in [0.25, 0.3) is 0 Å². The number of aromatic hydroxyl groups is 2. The largest absolute Gasteiger partial charge is 0.507 e. The Labute approximate surface area is 155 Å². The van der Waals surface area contributed by atoms with E-state index in [2.05, 4.69) is 0 Å². The fourth-order valence-corrected chi connectivity index (χ4v) is 3.53. The number of unbranched alkanes of at least 4 members (excludes halogenated alkanes) is 2. The molecule has 0 bridgehead atoms. The Kier molecular flexibility index (Phi) is 6.67. The van der Waals surface area contributed by atoms with Gasteiger partial charge >= 0.3 is 5.97 Å². The van der Waals surface area contributed by atoms with Crippen LogP contribution in [0.2, 0.25) is 0 Å². The Morgan fingerprint density at radius 3 is 2.12 bits per heavy atom. The molecule has 0 heterocycles. The highest BCUT2D eigenvalue weighted by molar-refractivity contribution is 5.66. The van der Waals surface area contributed by atoms with Gasteiger partial charge in [-0.2, -0.15) is 0 Å². The lowest BCUT2D eigenvalue weighted by Crippen LogP contribution is -2.06. The van der Waals surface area contributed by atoms with E-state index in [9.17, 15) is 15.0 Å². The maximum atomic E-state index is 10.8. The molecule has 0 amide bonds. The molecular weight excluding hydrogens is 328 g/mol. The van der Waals surface area contributed by atoms with Crippen LogP contribution in [-0.4, -0.2) is 21.3 Å². The van der Waals surface area contributed by atoms with Crippen molar-refractivity contribution in [3.8, 4) is 11.5 Å². The second-order valence-corrected chi connectivity index (χ2v) is 6.94. The predicted octanol–water partition coefficient (Wildman–Crippen LogP) is 5.19. The van der Waals surface area contributed by atoms with E-state index in [4.69, 9.17) is 5.11 Å². The van der Waals surface area contributed by atoms with Crippen LogP contribution in [-0.2, 0) is 4.79 Å². The second kappa shape index (κ2) is 8.75. The molecule has 2 aromatic carbocycles. The van der Waals surface area contributed by atoms with Crippen molar-refractivity contribution >= 4 is 5.97 Å². The summed E-state index contributed by atoms with van der Waals surface area (Å²) in [4.78, 5) is 10.7. The van der Waals surface area contributed by atoms with Gasteiger partial charge in [-0.3, -0.25) is 4.79 Å². The fourth-order valence-electron chi connectivity index (χ4n) is 3.53. The van der Waals surface area contributed by atoms with Gasteiger partial charge in [0.2, 0.25) is 0 Å². The normalized spacial score (nSPS) is 12.1. The molecule has 4 heteroatoms. The molecule has 2 rings (SSSR count). The van der Waals surface area contributed by atoms with Gasteiger partial charge < -0.3 is 15.3 Å². The van der Waals surface area contributed by atoms with Crippen LogP contribution in [0.1, 0.15) is 65.8 Å². The Balaban J connectivity index is 2.35. The van der Waals surface area contributed by atoms with Crippen LogP contribution in [0.3, 0.4) is 0 Å². The maximum absolute atomic E-state index is 10.8. The lowest BCUT2D eigenvalue weighted by Gasteiger charge is -2.24. The van der Waals surface area contributed by atoms with E-state index in [-0.39, 0.29) is 23.8 Å². The van der Waals surface area contributed by atoms with Gasteiger partial charge in [0.25, 0.3) is 0 Å². The minimum Gasteiger partial charge on any atom is -0.507 e. The molecule has 0 saturated carbocycles. The van der Waals surface area contributed by atoms with Crippen LogP contribution in [0.4, 0.5) is 0 Å². The van der Waals surface area contributed by atoms with Crippen molar-refractivity contribution in [2.75, 3.05) is 0 Å². The maximum Gasteiger partial charge on any atom is 0.303 e. The number of benzene rings is 2. The lowest BCUT2D eigenvalue weighted by molar-refractivity contribution is -0.137. The number of aliphatic carboxylic acids is 1.